The predicted octanol–water partition coefficient (Wildman–Crippen LogP) is 1.87. The highest BCUT2D eigenvalue weighted by Crippen LogP contribution is 2.28. The topological polar surface area (TPSA) is 49.3 Å². The molecule has 0 saturated heterocycles. The Kier molecular flexibility index (Phi) is 5.89. The van der Waals surface area contributed by atoms with Crippen molar-refractivity contribution < 1.29 is 9.90 Å². The van der Waals surface area contributed by atoms with Crippen LogP contribution in [0.4, 0.5) is 0 Å². The van der Waals surface area contributed by atoms with Gasteiger partial charge in [-0.05, 0) is 32.1 Å². The molecule has 1 atom stereocenters. The molecule has 2 N–H and O–H groups in total. The maximum Gasteiger partial charge on any atom is 0.223 e. The SMILES string of the molecule is CCC(O)CNC(=O)[C@H]1CC[C@H](I)CC1. The molecule has 1 aliphatic carbocycles. The number of aliphatic hydroxyl groups excluding tert-OH is 1. The number of carbonyl (C=O) groups is 1. The van der Waals surface area contributed by atoms with Gasteiger partial charge < -0.3 is 10.4 Å². The van der Waals surface area contributed by atoms with Crippen LogP contribution in [-0.4, -0.2) is 27.6 Å². The predicted molar refractivity (Wildman–Crippen MR) is 69.1 cm³/mol. The number of alkyl halides is 1. The van der Waals surface area contributed by atoms with Gasteiger partial charge in [-0.15, -0.1) is 0 Å². The number of carbonyl (C=O) groups excluding carboxylic acids is 1. The van der Waals surface area contributed by atoms with E-state index >= 15 is 0 Å². The molecule has 1 aliphatic rings. The van der Waals surface area contributed by atoms with Crippen LogP contribution in [0.25, 0.3) is 0 Å². The van der Waals surface area contributed by atoms with Crippen molar-refractivity contribution in [2.75, 3.05) is 6.54 Å². The Bertz CT molecular complexity index is 203. The Morgan fingerprint density at radius 3 is 2.60 bits per heavy atom. The number of hydrogen-bond donors (Lipinski definition) is 2. The Hall–Kier alpha value is 0.160. The molecule has 0 radical (unpaired) electrons. The van der Waals surface area contributed by atoms with Gasteiger partial charge in [-0.25, -0.2) is 0 Å². The van der Waals surface area contributed by atoms with Crippen LogP contribution < -0.4 is 5.32 Å². The first-order chi connectivity index (χ1) is 7.13. The van der Waals surface area contributed by atoms with Crippen molar-refractivity contribution in [3.05, 3.63) is 0 Å². The van der Waals surface area contributed by atoms with Crippen molar-refractivity contribution in [2.24, 2.45) is 5.92 Å². The van der Waals surface area contributed by atoms with E-state index in [9.17, 15) is 9.90 Å². The third-order valence-electron chi connectivity index (χ3n) is 3.01. The lowest BCUT2D eigenvalue weighted by Crippen LogP contribution is -2.37. The van der Waals surface area contributed by atoms with Gasteiger partial charge in [-0.2, -0.15) is 0 Å². The van der Waals surface area contributed by atoms with E-state index in [1.807, 2.05) is 6.92 Å². The highest BCUT2D eigenvalue weighted by Gasteiger charge is 2.24. The van der Waals surface area contributed by atoms with E-state index < -0.39 is 6.10 Å². The van der Waals surface area contributed by atoms with Crippen molar-refractivity contribution in [1.29, 1.82) is 0 Å². The first-order valence-corrected chi connectivity index (χ1v) is 6.97. The molecule has 0 aromatic heterocycles. The zero-order valence-electron chi connectivity index (χ0n) is 9.21. The summed E-state index contributed by atoms with van der Waals surface area (Å²) in [5.41, 5.74) is 0. The summed E-state index contributed by atoms with van der Waals surface area (Å²) in [5, 5.41) is 12.2. The van der Waals surface area contributed by atoms with Crippen LogP contribution in [0.1, 0.15) is 39.0 Å². The standard InChI is InChI=1S/C11H20INO2/c1-2-10(14)7-13-11(15)8-3-5-9(12)6-4-8/h8-10,14H,2-7H2,1H3,(H,13,15)/t8-,9-,10?. The zero-order chi connectivity index (χ0) is 11.3. The minimum atomic E-state index is -0.394. The quantitative estimate of drug-likeness (QED) is 0.612. The molecule has 1 unspecified atom stereocenters. The van der Waals surface area contributed by atoms with Crippen molar-refractivity contribution in [2.45, 2.75) is 49.1 Å². The number of amides is 1. The summed E-state index contributed by atoms with van der Waals surface area (Å²) in [6.45, 7) is 2.32. The molecule has 1 saturated carbocycles. The van der Waals surface area contributed by atoms with E-state index in [1.165, 1.54) is 0 Å². The summed E-state index contributed by atoms with van der Waals surface area (Å²) >= 11 is 2.46. The lowest BCUT2D eigenvalue weighted by Gasteiger charge is -2.24. The molecule has 0 aromatic carbocycles. The Balaban J connectivity index is 2.22. The number of aliphatic hydroxyl groups is 1. The smallest absolute Gasteiger partial charge is 0.223 e. The molecule has 0 spiro atoms. The summed E-state index contributed by atoms with van der Waals surface area (Å²) < 4.78 is 0.743. The number of halogens is 1. The summed E-state index contributed by atoms with van der Waals surface area (Å²) in [6.07, 6.45) is 4.60. The second kappa shape index (κ2) is 6.68. The summed E-state index contributed by atoms with van der Waals surface area (Å²) in [7, 11) is 0. The monoisotopic (exact) mass is 325 g/mol. The van der Waals surface area contributed by atoms with E-state index in [0.29, 0.717) is 13.0 Å². The van der Waals surface area contributed by atoms with Gasteiger partial charge in [0.2, 0.25) is 5.91 Å². The molecular formula is C11H20INO2. The number of hydrogen-bond acceptors (Lipinski definition) is 2. The first kappa shape index (κ1) is 13.2. The highest BCUT2D eigenvalue weighted by molar-refractivity contribution is 14.1. The molecule has 1 rings (SSSR count). The average Bonchev–Trinajstić information content (AvgIpc) is 2.26. The van der Waals surface area contributed by atoms with E-state index in [4.69, 9.17) is 0 Å². The number of rotatable bonds is 4. The second-order valence-electron chi connectivity index (χ2n) is 4.26. The lowest BCUT2D eigenvalue weighted by atomic mass is 9.88. The molecule has 0 bridgehead atoms. The van der Waals surface area contributed by atoms with E-state index in [0.717, 1.165) is 29.6 Å². The molecule has 0 heterocycles. The van der Waals surface area contributed by atoms with Crippen LogP contribution in [0.15, 0.2) is 0 Å². The lowest BCUT2D eigenvalue weighted by molar-refractivity contribution is -0.126. The Morgan fingerprint density at radius 1 is 1.47 bits per heavy atom. The summed E-state index contributed by atoms with van der Waals surface area (Å²) in [4.78, 5) is 11.7. The van der Waals surface area contributed by atoms with Gasteiger partial charge in [-0.3, -0.25) is 4.79 Å². The number of nitrogens with one attached hydrogen (secondary N) is 1. The highest BCUT2D eigenvalue weighted by atomic mass is 127. The van der Waals surface area contributed by atoms with Crippen LogP contribution in [0.3, 0.4) is 0 Å². The average molecular weight is 325 g/mol. The van der Waals surface area contributed by atoms with Gasteiger partial charge in [0.1, 0.15) is 0 Å². The second-order valence-corrected chi connectivity index (χ2v) is 6.02. The third kappa shape index (κ3) is 4.68. The zero-order valence-corrected chi connectivity index (χ0v) is 11.4. The van der Waals surface area contributed by atoms with Crippen molar-refractivity contribution in [3.8, 4) is 0 Å². The molecule has 1 fully saturated rings. The van der Waals surface area contributed by atoms with Crippen molar-refractivity contribution >= 4 is 28.5 Å². The van der Waals surface area contributed by atoms with Crippen LogP contribution in [0, 0.1) is 5.92 Å². The Morgan fingerprint density at radius 2 is 2.07 bits per heavy atom. The molecule has 88 valence electrons. The van der Waals surface area contributed by atoms with E-state index in [2.05, 4.69) is 27.9 Å². The minimum Gasteiger partial charge on any atom is -0.391 e. The normalized spacial score (nSPS) is 28.5. The van der Waals surface area contributed by atoms with Gasteiger partial charge >= 0.3 is 0 Å². The van der Waals surface area contributed by atoms with Crippen molar-refractivity contribution in [1.82, 2.24) is 5.32 Å². The van der Waals surface area contributed by atoms with Crippen LogP contribution in [0.5, 0.6) is 0 Å². The third-order valence-corrected chi connectivity index (χ3v) is 4.26. The Labute approximate surface area is 105 Å². The molecule has 15 heavy (non-hydrogen) atoms. The fraction of sp³-hybridized carbons (Fsp3) is 0.909. The van der Waals surface area contributed by atoms with Gasteiger partial charge in [0.25, 0.3) is 0 Å². The largest absolute Gasteiger partial charge is 0.391 e. The minimum absolute atomic E-state index is 0.130. The molecule has 0 aliphatic heterocycles. The van der Waals surface area contributed by atoms with Crippen molar-refractivity contribution in [3.63, 3.8) is 0 Å². The van der Waals surface area contributed by atoms with Gasteiger partial charge in [0.05, 0.1) is 6.10 Å². The first-order valence-electron chi connectivity index (χ1n) is 5.73. The molecular weight excluding hydrogens is 305 g/mol. The summed E-state index contributed by atoms with van der Waals surface area (Å²) in [6, 6.07) is 0. The van der Waals surface area contributed by atoms with Crippen LogP contribution in [0.2, 0.25) is 0 Å². The molecule has 0 aromatic rings. The molecule has 3 nitrogen and oxygen atoms in total. The fourth-order valence-corrected chi connectivity index (χ4v) is 2.54. The molecule has 4 heteroatoms. The maximum absolute atomic E-state index is 11.7. The summed E-state index contributed by atoms with van der Waals surface area (Å²) in [5.74, 6) is 0.311. The van der Waals surface area contributed by atoms with E-state index in [-0.39, 0.29) is 11.8 Å². The van der Waals surface area contributed by atoms with Gasteiger partial charge in [0.15, 0.2) is 0 Å². The van der Waals surface area contributed by atoms with Crippen LogP contribution in [-0.2, 0) is 4.79 Å². The van der Waals surface area contributed by atoms with E-state index in [1.54, 1.807) is 0 Å². The molecule has 1 amide bonds. The van der Waals surface area contributed by atoms with Crippen LogP contribution >= 0.6 is 22.6 Å². The van der Waals surface area contributed by atoms with Gasteiger partial charge in [-0.1, -0.05) is 29.5 Å². The fourth-order valence-electron chi connectivity index (χ4n) is 1.82. The maximum atomic E-state index is 11.7. The van der Waals surface area contributed by atoms with Gasteiger partial charge in [0, 0.05) is 16.4 Å².